The average molecular weight is 1130 g/mol. The third-order valence-electron chi connectivity index (χ3n) is 11.3. The molecule has 29 heteroatoms. The van der Waals surface area contributed by atoms with Crippen LogP contribution >= 0.6 is 0 Å². The van der Waals surface area contributed by atoms with Gasteiger partial charge in [-0.25, -0.2) is 0 Å². The average Bonchev–Trinajstić information content (AvgIpc) is 3.30. The number of halogens is 24. The summed E-state index contributed by atoms with van der Waals surface area (Å²) < 4.78 is 342. The Hall–Kier alpha value is -7.54. The van der Waals surface area contributed by atoms with Crippen LogP contribution in [0.3, 0.4) is 0 Å². The highest BCUT2D eigenvalue weighted by atomic mass is 19.4. The summed E-state index contributed by atoms with van der Waals surface area (Å²) >= 11 is 0. The molecule has 1 heterocycles. The number of nitriles is 1. The molecule has 77 heavy (non-hydrogen) atoms. The minimum atomic E-state index is -6.13. The van der Waals surface area contributed by atoms with Crippen molar-refractivity contribution in [3.63, 3.8) is 0 Å². The Labute approximate surface area is 415 Å². The zero-order valence-corrected chi connectivity index (χ0v) is 37.4. The Bertz CT molecular complexity index is 2760. The highest BCUT2D eigenvalue weighted by Crippen LogP contribution is 2.41. The van der Waals surface area contributed by atoms with E-state index in [-0.39, 0.29) is 24.5 Å². The number of alkyl halides is 24. The topological polar surface area (TPSA) is 61.8 Å². The number of carbonyl (C=O) groups excluding carboxylic acids is 2. The molecule has 0 N–H and O–H groups in total. The molecular formula is C48H25BF24N2O2. The predicted octanol–water partition coefficient (Wildman–Crippen LogP) is 13.2. The van der Waals surface area contributed by atoms with Gasteiger partial charge in [-0.05, 0) is 30.3 Å². The van der Waals surface area contributed by atoms with E-state index >= 15 is 0 Å². The van der Waals surface area contributed by atoms with Gasteiger partial charge in [-0.1, -0.05) is 78.9 Å². The SMILES string of the molecule is FC(F)(F)c1cc([B-](c2cc(C(F)(F)F)cc(C(F)(F)F)c2)(c2cc(C(F)(F)F)cc(C(F)(F)F)c2)c2cc(C(F)(F)F)cc(C(F)(F)F)c2)cc(C(F)(F)F)c1.N#CCC(=O)c1cccc[n+]1CC(=O)c1ccccc1. The van der Waals surface area contributed by atoms with E-state index in [1.165, 1.54) is 0 Å². The molecule has 0 spiro atoms. The molecule has 0 aliphatic carbocycles. The van der Waals surface area contributed by atoms with Gasteiger partial charge >= 0.3 is 49.4 Å². The van der Waals surface area contributed by atoms with Crippen LogP contribution in [0.15, 0.2) is 128 Å². The van der Waals surface area contributed by atoms with Crippen molar-refractivity contribution in [2.45, 2.75) is 62.4 Å². The number of ketones is 2. The van der Waals surface area contributed by atoms with Crippen LogP contribution in [-0.4, -0.2) is 17.7 Å². The first-order chi connectivity index (χ1) is 35.0. The van der Waals surface area contributed by atoms with Crippen LogP contribution in [0.25, 0.3) is 0 Å². The molecule has 0 aliphatic heterocycles. The minimum absolute atomic E-state index is 0.0761. The first-order valence-corrected chi connectivity index (χ1v) is 20.8. The van der Waals surface area contributed by atoms with Crippen molar-refractivity contribution in [3.8, 4) is 6.07 Å². The summed E-state index contributed by atoms with van der Waals surface area (Å²) in [5.41, 5.74) is -29.2. The van der Waals surface area contributed by atoms with E-state index in [9.17, 15) is 115 Å². The standard InChI is InChI=1S/C32H12BF24.C16H13N2O2/c34-25(35,36)13-1-14(26(37,38)39)6-21(5-13)33(22-7-15(27(40,41)42)2-16(8-22)28(43,44)45,23-9-17(29(46,47)48)3-18(10-23)30(49,50)51)24-11-19(31(52,53)54)4-20(12-24)32(55,56)57;17-10-9-15(19)14-8-4-5-11-18(14)12-16(20)13-6-2-1-3-7-13/h1-12H;1-8,11H,9,12H2/q-1;+1. The zero-order valence-electron chi connectivity index (χ0n) is 37.4. The first kappa shape index (κ1) is 60.3. The van der Waals surface area contributed by atoms with Gasteiger partial charge in [0.2, 0.25) is 23.8 Å². The van der Waals surface area contributed by atoms with E-state index in [4.69, 9.17) is 5.26 Å². The highest BCUT2D eigenvalue weighted by Gasteiger charge is 2.47. The molecule has 0 radical (unpaired) electrons. The van der Waals surface area contributed by atoms with Gasteiger partial charge in [-0.3, -0.25) is 9.59 Å². The number of nitrogens with zero attached hydrogens (tertiary/aromatic N) is 2. The fourth-order valence-electron chi connectivity index (χ4n) is 7.97. The third kappa shape index (κ3) is 14.1. The summed E-state index contributed by atoms with van der Waals surface area (Å²) in [6, 6.07) is 7.02. The van der Waals surface area contributed by atoms with Gasteiger partial charge in [-0.15, -0.1) is 0 Å². The lowest BCUT2D eigenvalue weighted by molar-refractivity contribution is -0.685. The van der Waals surface area contributed by atoms with Crippen LogP contribution in [0.5, 0.6) is 0 Å². The Morgan fingerprint density at radius 3 is 0.883 bits per heavy atom. The number of pyridine rings is 1. The molecule has 5 aromatic carbocycles. The van der Waals surface area contributed by atoms with E-state index in [0.717, 1.165) is 0 Å². The molecule has 0 saturated carbocycles. The molecule has 0 fully saturated rings. The van der Waals surface area contributed by atoms with Gasteiger partial charge in [0.15, 0.2) is 6.20 Å². The quantitative estimate of drug-likeness (QED) is 0.0627. The second kappa shape index (κ2) is 21.1. The molecule has 0 unspecified atom stereocenters. The summed E-state index contributed by atoms with van der Waals surface area (Å²) in [6.07, 6.45) is -53.3. The lowest BCUT2D eigenvalue weighted by Crippen LogP contribution is -2.75. The molecule has 410 valence electrons. The summed E-state index contributed by atoms with van der Waals surface area (Å²) in [5.74, 6) is -0.359. The van der Waals surface area contributed by atoms with E-state index in [0.29, 0.717) is 11.3 Å². The second-order valence-corrected chi connectivity index (χ2v) is 16.5. The van der Waals surface area contributed by atoms with Crippen molar-refractivity contribution in [2.75, 3.05) is 0 Å². The second-order valence-electron chi connectivity index (χ2n) is 16.5. The fraction of sp³-hybridized carbons (Fsp3) is 0.208. The largest absolute Gasteiger partial charge is 0.416 e. The number of benzene rings is 5. The predicted molar refractivity (Wildman–Crippen MR) is 222 cm³/mol. The molecule has 1 aromatic heterocycles. The van der Waals surface area contributed by atoms with E-state index < -0.39 is 195 Å². The van der Waals surface area contributed by atoms with Crippen molar-refractivity contribution in [2.24, 2.45) is 0 Å². The molecule has 0 aliphatic rings. The first-order valence-electron chi connectivity index (χ1n) is 20.8. The van der Waals surface area contributed by atoms with Crippen LogP contribution in [0.2, 0.25) is 0 Å². The molecule has 0 atom stereocenters. The van der Waals surface area contributed by atoms with Crippen LogP contribution in [0.1, 0.15) is 71.8 Å². The number of carbonyl (C=O) groups is 2. The maximum absolute atomic E-state index is 14.2. The van der Waals surface area contributed by atoms with Gasteiger partial charge < -0.3 is 0 Å². The van der Waals surface area contributed by atoms with Gasteiger partial charge in [0.25, 0.3) is 0 Å². The lowest BCUT2D eigenvalue weighted by Gasteiger charge is -2.46. The number of hydrogen-bond acceptors (Lipinski definition) is 3. The van der Waals surface area contributed by atoms with E-state index in [1.54, 1.807) is 53.2 Å². The molecule has 6 aromatic rings. The van der Waals surface area contributed by atoms with Crippen LogP contribution < -0.4 is 26.4 Å². The van der Waals surface area contributed by atoms with E-state index in [1.807, 2.05) is 12.1 Å². The lowest BCUT2D eigenvalue weighted by atomic mass is 9.12. The number of Topliss-reactive ketones (excluding diaryl/α,β-unsaturated/α-hetero) is 2. The molecule has 0 bridgehead atoms. The van der Waals surface area contributed by atoms with Gasteiger partial charge in [0.1, 0.15) is 12.6 Å². The molecular weight excluding hydrogens is 1100 g/mol. The van der Waals surface area contributed by atoms with Gasteiger partial charge in [0.05, 0.1) is 50.6 Å². The maximum Gasteiger partial charge on any atom is 0.416 e. The van der Waals surface area contributed by atoms with Gasteiger partial charge in [-0.2, -0.15) is 137 Å². The number of hydrogen-bond donors (Lipinski definition) is 0. The van der Waals surface area contributed by atoms with E-state index in [2.05, 4.69) is 0 Å². The third-order valence-corrected chi connectivity index (χ3v) is 11.3. The minimum Gasteiger partial charge on any atom is -0.287 e. The normalized spacial score (nSPS) is 13.1. The number of rotatable bonds is 9. The van der Waals surface area contributed by atoms with Crippen LogP contribution in [-0.2, 0) is 56.0 Å². The van der Waals surface area contributed by atoms with Crippen molar-refractivity contribution < 1.29 is 120 Å². The molecule has 0 saturated heterocycles. The van der Waals surface area contributed by atoms with Crippen LogP contribution in [0.4, 0.5) is 105 Å². The van der Waals surface area contributed by atoms with Crippen LogP contribution in [0, 0.1) is 11.3 Å². The Kier molecular flexibility index (Phi) is 16.5. The van der Waals surface area contributed by atoms with Crippen molar-refractivity contribution in [1.29, 1.82) is 5.26 Å². The summed E-state index contributed by atoms with van der Waals surface area (Å²) in [4.78, 5) is 24.0. The van der Waals surface area contributed by atoms with Crippen molar-refractivity contribution in [1.82, 2.24) is 0 Å². The van der Waals surface area contributed by atoms with Crippen molar-refractivity contribution >= 4 is 39.6 Å². The maximum atomic E-state index is 14.2. The number of aromatic nitrogens is 1. The van der Waals surface area contributed by atoms with Gasteiger partial charge in [0, 0.05) is 17.7 Å². The Morgan fingerprint density at radius 1 is 0.377 bits per heavy atom. The summed E-state index contributed by atoms with van der Waals surface area (Å²) in [6.45, 7) is 0.0807. The molecule has 4 nitrogen and oxygen atoms in total. The smallest absolute Gasteiger partial charge is 0.287 e. The van der Waals surface area contributed by atoms with Crippen molar-refractivity contribution in [3.05, 3.63) is 183 Å². The zero-order chi connectivity index (χ0) is 58.3. The Morgan fingerprint density at radius 2 is 0.636 bits per heavy atom. The Balaban J connectivity index is 0.000000455. The molecule has 0 amide bonds. The highest BCUT2D eigenvalue weighted by molar-refractivity contribution is 7.20. The summed E-state index contributed by atoms with van der Waals surface area (Å²) in [7, 11) is 0. The summed E-state index contributed by atoms with van der Waals surface area (Å²) in [5, 5.41) is 8.60. The fourth-order valence-corrected chi connectivity index (χ4v) is 7.97. The monoisotopic (exact) mass is 1130 g/mol. The molecule has 6 rings (SSSR count).